The van der Waals surface area contributed by atoms with Crippen LogP contribution >= 0.6 is 0 Å². The van der Waals surface area contributed by atoms with Crippen LogP contribution in [0.2, 0.25) is 0 Å². The average Bonchev–Trinajstić information content (AvgIpc) is 2.67. The maximum Gasteiger partial charge on any atom is 0.0641 e. The molecule has 0 amide bonds. The molecule has 17 heavy (non-hydrogen) atoms. The molecule has 1 atom stereocenters. The van der Waals surface area contributed by atoms with Crippen molar-refractivity contribution in [3.8, 4) is 0 Å². The molecule has 1 aliphatic rings. The van der Waals surface area contributed by atoms with Gasteiger partial charge in [0.05, 0.1) is 5.69 Å². The first-order valence-corrected chi connectivity index (χ1v) is 6.24. The van der Waals surface area contributed by atoms with E-state index in [1.165, 1.54) is 5.56 Å². The lowest BCUT2D eigenvalue weighted by atomic mass is 9.90. The van der Waals surface area contributed by atoms with Gasteiger partial charge in [-0.1, -0.05) is 0 Å². The molecule has 2 rings (SSSR count). The van der Waals surface area contributed by atoms with Crippen LogP contribution in [0.4, 0.5) is 0 Å². The number of nitrogens with zero attached hydrogens (tertiary/aromatic N) is 2. The van der Waals surface area contributed by atoms with Gasteiger partial charge in [-0.15, -0.1) is 0 Å². The molecule has 0 saturated carbocycles. The fourth-order valence-electron chi connectivity index (χ4n) is 2.56. The fourth-order valence-corrected chi connectivity index (χ4v) is 2.56. The third-order valence-corrected chi connectivity index (χ3v) is 3.54. The normalized spacial score (nSPS) is 19.5. The molecule has 1 unspecified atom stereocenters. The number of hydrogen-bond acceptors (Lipinski definition) is 4. The second-order valence-corrected chi connectivity index (χ2v) is 4.85. The zero-order chi connectivity index (χ0) is 12.3. The molecule has 0 aliphatic carbocycles. The van der Waals surface area contributed by atoms with Crippen LogP contribution in [0, 0.1) is 12.8 Å². The molecule has 1 aromatic heterocycles. The highest BCUT2D eigenvalue weighted by atomic mass is 16.5. The number of hydrazine groups is 1. The summed E-state index contributed by atoms with van der Waals surface area (Å²) < 4.78 is 7.23. The van der Waals surface area contributed by atoms with Crippen molar-refractivity contribution < 1.29 is 4.74 Å². The predicted molar refractivity (Wildman–Crippen MR) is 66.2 cm³/mol. The van der Waals surface area contributed by atoms with Crippen molar-refractivity contribution in [2.24, 2.45) is 18.8 Å². The molecule has 5 heteroatoms. The second kappa shape index (κ2) is 5.62. The van der Waals surface area contributed by atoms with Crippen LogP contribution in [0.3, 0.4) is 0 Å². The Balaban J connectivity index is 2.02. The Morgan fingerprint density at radius 1 is 1.59 bits per heavy atom. The standard InChI is InChI=1S/C12H22N4O/c1-9-11(8-16(2)15-9)12(14-13)7-10-3-5-17-6-4-10/h8,10,12,14H,3-7,13H2,1-2H3. The monoisotopic (exact) mass is 238 g/mol. The molecule has 0 aromatic carbocycles. The maximum atomic E-state index is 5.68. The summed E-state index contributed by atoms with van der Waals surface area (Å²) in [5.41, 5.74) is 5.19. The van der Waals surface area contributed by atoms with Gasteiger partial charge in [0.15, 0.2) is 0 Å². The summed E-state index contributed by atoms with van der Waals surface area (Å²) in [5, 5.41) is 4.37. The SMILES string of the molecule is Cc1nn(C)cc1C(CC1CCOCC1)NN. The maximum absolute atomic E-state index is 5.68. The topological polar surface area (TPSA) is 65.1 Å². The minimum Gasteiger partial charge on any atom is -0.381 e. The third kappa shape index (κ3) is 3.06. The van der Waals surface area contributed by atoms with E-state index in [2.05, 4.69) is 16.7 Å². The van der Waals surface area contributed by atoms with Crippen molar-refractivity contribution in [3.05, 3.63) is 17.5 Å². The molecule has 96 valence electrons. The van der Waals surface area contributed by atoms with E-state index in [-0.39, 0.29) is 6.04 Å². The highest BCUT2D eigenvalue weighted by molar-refractivity contribution is 5.19. The Kier molecular flexibility index (Phi) is 4.15. The molecule has 3 N–H and O–H groups in total. The van der Waals surface area contributed by atoms with Crippen molar-refractivity contribution >= 4 is 0 Å². The van der Waals surface area contributed by atoms with Gasteiger partial charge in [0.2, 0.25) is 0 Å². The van der Waals surface area contributed by atoms with E-state index in [4.69, 9.17) is 10.6 Å². The highest BCUT2D eigenvalue weighted by Crippen LogP contribution is 2.28. The van der Waals surface area contributed by atoms with Gasteiger partial charge in [-0.05, 0) is 32.1 Å². The van der Waals surface area contributed by atoms with Crippen LogP contribution < -0.4 is 11.3 Å². The molecular formula is C12H22N4O. The first kappa shape index (κ1) is 12.5. The van der Waals surface area contributed by atoms with Crippen molar-refractivity contribution in [1.82, 2.24) is 15.2 Å². The van der Waals surface area contributed by atoms with E-state index in [0.29, 0.717) is 5.92 Å². The molecule has 2 heterocycles. The highest BCUT2D eigenvalue weighted by Gasteiger charge is 2.22. The van der Waals surface area contributed by atoms with E-state index < -0.39 is 0 Å². The number of aryl methyl sites for hydroxylation is 2. The molecule has 0 bridgehead atoms. The molecule has 1 saturated heterocycles. The summed E-state index contributed by atoms with van der Waals surface area (Å²) in [7, 11) is 1.94. The summed E-state index contributed by atoms with van der Waals surface area (Å²) in [5.74, 6) is 6.38. The lowest BCUT2D eigenvalue weighted by Crippen LogP contribution is -2.31. The third-order valence-electron chi connectivity index (χ3n) is 3.54. The van der Waals surface area contributed by atoms with Crippen LogP contribution in [0.1, 0.15) is 36.6 Å². The van der Waals surface area contributed by atoms with Crippen molar-refractivity contribution in [2.75, 3.05) is 13.2 Å². The van der Waals surface area contributed by atoms with Gasteiger partial charge in [0, 0.05) is 38.1 Å². The number of aromatic nitrogens is 2. The van der Waals surface area contributed by atoms with Gasteiger partial charge in [-0.25, -0.2) is 0 Å². The Hall–Kier alpha value is -0.910. The van der Waals surface area contributed by atoms with Crippen LogP contribution in [-0.4, -0.2) is 23.0 Å². The van der Waals surface area contributed by atoms with Gasteiger partial charge in [0.25, 0.3) is 0 Å². The van der Waals surface area contributed by atoms with E-state index in [9.17, 15) is 0 Å². The van der Waals surface area contributed by atoms with Crippen LogP contribution in [0.15, 0.2) is 6.20 Å². The van der Waals surface area contributed by atoms with Gasteiger partial charge in [0.1, 0.15) is 0 Å². The van der Waals surface area contributed by atoms with Crippen LogP contribution in [0.25, 0.3) is 0 Å². The Labute approximate surface area is 102 Å². The fraction of sp³-hybridized carbons (Fsp3) is 0.750. The lowest BCUT2D eigenvalue weighted by molar-refractivity contribution is 0.0605. The average molecular weight is 238 g/mol. The summed E-state index contributed by atoms with van der Waals surface area (Å²) in [4.78, 5) is 0. The van der Waals surface area contributed by atoms with E-state index in [1.54, 1.807) is 0 Å². The molecule has 1 aliphatic heterocycles. The summed E-state index contributed by atoms with van der Waals surface area (Å²) in [6.07, 6.45) is 5.39. The Bertz CT molecular complexity index is 357. The summed E-state index contributed by atoms with van der Waals surface area (Å²) >= 11 is 0. The first-order chi connectivity index (χ1) is 8.20. The first-order valence-electron chi connectivity index (χ1n) is 6.24. The van der Waals surface area contributed by atoms with Gasteiger partial charge >= 0.3 is 0 Å². The van der Waals surface area contributed by atoms with Gasteiger partial charge < -0.3 is 4.74 Å². The molecule has 5 nitrogen and oxygen atoms in total. The van der Waals surface area contributed by atoms with Crippen molar-refractivity contribution in [3.63, 3.8) is 0 Å². The Morgan fingerprint density at radius 3 is 2.82 bits per heavy atom. The summed E-state index contributed by atoms with van der Waals surface area (Å²) in [6.45, 7) is 3.80. The number of rotatable bonds is 4. The predicted octanol–water partition coefficient (Wildman–Crippen LogP) is 1.05. The lowest BCUT2D eigenvalue weighted by Gasteiger charge is -2.26. The number of ether oxygens (including phenoxy) is 1. The quantitative estimate of drug-likeness (QED) is 0.608. The van der Waals surface area contributed by atoms with E-state index >= 15 is 0 Å². The zero-order valence-electron chi connectivity index (χ0n) is 10.6. The number of nitrogens with one attached hydrogen (secondary N) is 1. The number of hydrogen-bond donors (Lipinski definition) is 2. The van der Waals surface area contributed by atoms with Crippen LogP contribution in [-0.2, 0) is 11.8 Å². The van der Waals surface area contributed by atoms with E-state index in [0.717, 1.165) is 38.2 Å². The van der Waals surface area contributed by atoms with Crippen molar-refractivity contribution in [2.45, 2.75) is 32.2 Å². The molecule has 0 spiro atoms. The Morgan fingerprint density at radius 2 is 2.29 bits per heavy atom. The van der Waals surface area contributed by atoms with Crippen molar-refractivity contribution in [1.29, 1.82) is 0 Å². The van der Waals surface area contributed by atoms with Gasteiger partial charge in [-0.2, -0.15) is 5.10 Å². The second-order valence-electron chi connectivity index (χ2n) is 4.85. The number of nitrogens with two attached hydrogens (primary N) is 1. The largest absolute Gasteiger partial charge is 0.381 e. The molecule has 1 fully saturated rings. The zero-order valence-corrected chi connectivity index (χ0v) is 10.6. The van der Waals surface area contributed by atoms with E-state index in [1.807, 2.05) is 18.7 Å². The molecule has 0 radical (unpaired) electrons. The molecule has 1 aromatic rings. The smallest absolute Gasteiger partial charge is 0.0641 e. The minimum absolute atomic E-state index is 0.201. The molecular weight excluding hydrogens is 216 g/mol. The summed E-state index contributed by atoms with van der Waals surface area (Å²) in [6, 6.07) is 0.201. The van der Waals surface area contributed by atoms with Gasteiger partial charge in [-0.3, -0.25) is 16.0 Å². The van der Waals surface area contributed by atoms with Crippen LogP contribution in [0.5, 0.6) is 0 Å². The minimum atomic E-state index is 0.201.